The van der Waals surface area contributed by atoms with Gasteiger partial charge in [-0.15, -0.1) is 0 Å². The molecular formula is C13H25NOS. The van der Waals surface area contributed by atoms with Crippen molar-refractivity contribution in [3.05, 3.63) is 0 Å². The van der Waals surface area contributed by atoms with Crippen LogP contribution in [0.1, 0.15) is 51.9 Å². The van der Waals surface area contributed by atoms with Gasteiger partial charge in [-0.25, -0.2) is 0 Å². The van der Waals surface area contributed by atoms with E-state index >= 15 is 0 Å². The number of rotatable bonds is 2. The van der Waals surface area contributed by atoms with E-state index in [2.05, 4.69) is 12.2 Å². The Bertz CT molecular complexity index is 234. The van der Waals surface area contributed by atoms with Crippen molar-refractivity contribution in [3.63, 3.8) is 0 Å². The molecule has 2 nitrogen and oxygen atoms in total. The molecule has 16 heavy (non-hydrogen) atoms. The average molecular weight is 243 g/mol. The third kappa shape index (κ3) is 3.56. The van der Waals surface area contributed by atoms with Gasteiger partial charge in [0.2, 0.25) is 0 Å². The molecule has 1 aliphatic heterocycles. The van der Waals surface area contributed by atoms with Crippen molar-refractivity contribution in [2.45, 2.75) is 64.0 Å². The Kier molecular flexibility index (Phi) is 4.83. The minimum absolute atomic E-state index is 0.520. The summed E-state index contributed by atoms with van der Waals surface area (Å²) in [6, 6.07) is 1.36. The molecule has 2 fully saturated rings. The Morgan fingerprint density at radius 3 is 2.44 bits per heavy atom. The van der Waals surface area contributed by atoms with E-state index in [0.717, 1.165) is 36.3 Å². The molecule has 0 aromatic carbocycles. The van der Waals surface area contributed by atoms with E-state index in [9.17, 15) is 4.21 Å². The van der Waals surface area contributed by atoms with E-state index in [0.29, 0.717) is 6.04 Å². The van der Waals surface area contributed by atoms with Crippen LogP contribution >= 0.6 is 0 Å². The van der Waals surface area contributed by atoms with Crippen LogP contribution in [0.15, 0.2) is 0 Å². The topological polar surface area (TPSA) is 29.1 Å². The predicted molar refractivity (Wildman–Crippen MR) is 70.1 cm³/mol. The van der Waals surface area contributed by atoms with Gasteiger partial charge in [-0.3, -0.25) is 4.21 Å². The quantitative estimate of drug-likeness (QED) is 0.755. The van der Waals surface area contributed by atoms with Gasteiger partial charge in [0.25, 0.3) is 0 Å². The lowest BCUT2D eigenvalue weighted by atomic mass is 9.95. The third-order valence-electron chi connectivity index (χ3n) is 4.20. The monoisotopic (exact) mass is 243 g/mol. The standard InChI is InChI=1S/C13H25NOS/c1-11-5-3-2-4-6-13(11)14-12-7-9-16(15)10-8-12/h11-14H,2-10H2,1H3. The first-order chi connectivity index (χ1) is 7.75. The predicted octanol–water partition coefficient (Wildman–Crippen LogP) is 2.46. The maximum atomic E-state index is 11.3. The van der Waals surface area contributed by atoms with Crippen LogP contribution in [0.3, 0.4) is 0 Å². The van der Waals surface area contributed by atoms with Gasteiger partial charge in [-0.1, -0.05) is 26.2 Å². The number of hydrogen-bond acceptors (Lipinski definition) is 2. The number of nitrogens with one attached hydrogen (secondary N) is 1. The molecule has 0 aromatic heterocycles. The molecule has 1 saturated heterocycles. The molecule has 2 aliphatic rings. The maximum Gasteiger partial charge on any atom is 0.0249 e. The molecule has 1 heterocycles. The summed E-state index contributed by atoms with van der Waals surface area (Å²) >= 11 is 0. The van der Waals surface area contributed by atoms with E-state index in [1.807, 2.05) is 0 Å². The molecule has 0 bridgehead atoms. The molecule has 94 valence electrons. The molecule has 2 rings (SSSR count). The Morgan fingerprint density at radius 2 is 1.69 bits per heavy atom. The Hall–Kier alpha value is 0.110. The van der Waals surface area contributed by atoms with Gasteiger partial charge in [0.05, 0.1) is 0 Å². The van der Waals surface area contributed by atoms with Gasteiger partial charge in [0.15, 0.2) is 0 Å². The number of hydrogen-bond donors (Lipinski definition) is 1. The summed E-state index contributed by atoms with van der Waals surface area (Å²) in [5.74, 6) is 2.66. The van der Waals surface area contributed by atoms with Crippen LogP contribution in [-0.2, 0) is 10.8 Å². The molecule has 0 radical (unpaired) electrons. The highest BCUT2D eigenvalue weighted by atomic mass is 32.2. The van der Waals surface area contributed by atoms with Crippen LogP contribution in [-0.4, -0.2) is 27.8 Å². The van der Waals surface area contributed by atoms with Crippen molar-refractivity contribution in [1.82, 2.24) is 5.32 Å². The minimum Gasteiger partial charge on any atom is -0.311 e. The lowest BCUT2D eigenvalue weighted by Gasteiger charge is -2.30. The van der Waals surface area contributed by atoms with Crippen molar-refractivity contribution >= 4 is 10.8 Å². The highest BCUT2D eigenvalue weighted by Gasteiger charge is 2.24. The maximum absolute atomic E-state index is 11.3. The van der Waals surface area contributed by atoms with Gasteiger partial charge in [0, 0.05) is 34.4 Å². The Labute approximate surface area is 102 Å². The summed E-state index contributed by atoms with van der Waals surface area (Å²) in [4.78, 5) is 0. The van der Waals surface area contributed by atoms with Crippen molar-refractivity contribution in [3.8, 4) is 0 Å². The summed E-state index contributed by atoms with van der Waals surface area (Å²) < 4.78 is 11.3. The molecular weight excluding hydrogens is 218 g/mol. The normalized spacial score (nSPS) is 41.6. The minimum atomic E-state index is -0.520. The molecule has 0 amide bonds. The van der Waals surface area contributed by atoms with Crippen molar-refractivity contribution in [2.75, 3.05) is 11.5 Å². The van der Waals surface area contributed by atoms with E-state index in [1.54, 1.807) is 0 Å². The van der Waals surface area contributed by atoms with Gasteiger partial charge in [-0.2, -0.15) is 0 Å². The van der Waals surface area contributed by atoms with Gasteiger partial charge < -0.3 is 5.32 Å². The average Bonchev–Trinajstić information content (AvgIpc) is 2.48. The summed E-state index contributed by atoms with van der Waals surface area (Å²) in [5.41, 5.74) is 0. The van der Waals surface area contributed by atoms with Crippen molar-refractivity contribution < 1.29 is 4.21 Å². The molecule has 1 aliphatic carbocycles. The fourth-order valence-electron chi connectivity index (χ4n) is 3.00. The van der Waals surface area contributed by atoms with Crippen molar-refractivity contribution in [2.24, 2.45) is 5.92 Å². The molecule has 2 atom stereocenters. The molecule has 3 heteroatoms. The van der Waals surface area contributed by atoms with Gasteiger partial charge >= 0.3 is 0 Å². The van der Waals surface area contributed by atoms with E-state index in [1.165, 1.54) is 32.1 Å². The second-order valence-corrected chi connectivity index (χ2v) is 7.21. The lowest BCUT2D eigenvalue weighted by Crippen LogP contribution is -2.44. The smallest absolute Gasteiger partial charge is 0.0249 e. The van der Waals surface area contributed by atoms with Crippen molar-refractivity contribution in [1.29, 1.82) is 0 Å². The molecule has 2 unspecified atom stereocenters. The molecule has 0 aromatic rings. The van der Waals surface area contributed by atoms with Crippen LogP contribution in [0.25, 0.3) is 0 Å². The summed E-state index contributed by atoms with van der Waals surface area (Å²) in [5, 5.41) is 3.83. The summed E-state index contributed by atoms with van der Waals surface area (Å²) in [6.07, 6.45) is 9.19. The van der Waals surface area contributed by atoms with Crippen LogP contribution < -0.4 is 5.32 Å². The van der Waals surface area contributed by atoms with Crippen LogP contribution in [0.2, 0.25) is 0 Å². The Balaban J connectivity index is 1.80. The van der Waals surface area contributed by atoms with Gasteiger partial charge in [0.1, 0.15) is 0 Å². The van der Waals surface area contributed by atoms with E-state index in [4.69, 9.17) is 0 Å². The molecule has 0 spiro atoms. The fraction of sp³-hybridized carbons (Fsp3) is 1.00. The zero-order valence-corrected chi connectivity index (χ0v) is 11.2. The second-order valence-electron chi connectivity index (χ2n) is 5.51. The lowest BCUT2D eigenvalue weighted by molar-refractivity contribution is 0.309. The van der Waals surface area contributed by atoms with Gasteiger partial charge in [-0.05, 0) is 31.6 Å². The molecule has 1 N–H and O–H groups in total. The van der Waals surface area contributed by atoms with Crippen LogP contribution in [0, 0.1) is 5.92 Å². The second kappa shape index (κ2) is 6.15. The van der Waals surface area contributed by atoms with E-state index in [-0.39, 0.29) is 0 Å². The zero-order chi connectivity index (χ0) is 11.4. The largest absolute Gasteiger partial charge is 0.311 e. The van der Waals surface area contributed by atoms with E-state index < -0.39 is 10.8 Å². The summed E-state index contributed by atoms with van der Waals surface area (Å²) in [6.45, 7) is 2.39. The first kappa shape index (κ1) is 12.6. The third-order valence-corrected chi connectivity index (χ3v) is 5.58. The highest BCUT2D eigenvalue weighted by molar-refractivity contribution is 7.85. The van der Waals surface area contributed by atoms with Crippen LogP contribution in [0.5, 0.6) is 0 Å². The summed E-state index contributed by atoms with van der Waals surface area (Å²) in [7, 11) is -0.520. The SMILES string of the molecule is CC1CCCCCC1NC1CCS(=O)CC1. The van der Waals surface area contributed by atoms with Crippen LogP contribution in [0.4, 0.5) is 0 Å². The Morgan fingerprint density at radius 1 is 1.00 bits per heavy atom. The zero-order valence-electron chi connectivity index (χ0n) is 10.4. The first-order valence-electron chi connectivity index (χ1n) is 6.87. The fourth-order valence-corrected chi connectivity index (χ4v) is 4.30. The highest BCUT2D eigenvalue weighted by Crippen LogP contribution is 2.24. The first-order valence-corrected chi connectivity index (χ1v) is 8.35. The molecule has 1 saturated carbocycles.